The van der Waals surface area contributed by atoms with Crippen LogP contribution in [0.1, 0.15) is 5.76 Å². The second-order valence-corrected chi connectivity index (χ2v) is 3.07. The highest BCUT2D eigenvalue weighted by atomic mass is 32.2. The lowest BCUT2D eigenvalue weighted by Crippen LogP contribution is -1.87. The molecule has 2 heterocycles. The van der Waals surface area contributed by atoms with Gasteiger partial charge in [0, 0.05) is 0 Å². The van der Waals surface area contributed by atoms with Gasteiger partial charge in [0.2, 0.25) is 0 Å². The molecular formula is C7H7N3OS. The van der Waals surface area contributed by atoms with Crippen LogP contribution in [0.2, 0.25) is 0 Å². The summed E-state index contributed by atoms with van der Waals surface area (Å²) in [7, 11) is 0. The molecule has 0 atom stereocenters. The number of nitrogens with zero attached hydrogens (tertiary/aromatic N) is 3. The molecule has 2 aromatic heterocycles. The summed E-state index contributed by atoms with van der Waals surface area (Å²) >= 11 is 1.53. The van der Waals surface area contributed by atoms with E-state index in [9.17, 15) is 0 Å². The fourth-order valence-corrected chi connectivity index (χ4v) is 1.44. The van der Waals surface area contributed by atoms with Crippen molar-refractivity contribution in [3.8, 4) is 0 Å². The van der Waals surface area contributed by atoms with Crippen LogP contribution < -0.4 is 0 Å². The number of rotatable bonds is 3. The molecule has 0 aliphatic heterocycles. The van der Waals surface area contributed by atoms with Crippen molar-refractivity contribution in [2.75, 3.05) is 0 Å². The highest BCUT2D eigenvalue weighted by Crippen LogP contribution is 2.12. The highest BCUT2D eigenvalue weighted by molar-refractivity contribution is 7.96. The third kappa shape index (κ3) is 1.68. The van der Waals surface area contributed by atoms with Gasteiger partial charge < -0.3 is 4.42 Å². The first-order valence-electron chi connectivity index (χ1n) is 3.45. The van der Waals surface area contributed by atoms with Gasteiger partial charge in [-0.3, -0.25) is 0 Å². The SMILES string of the molecule is c1coc(CSn2cncn2)c1. The van der Waals surface area contributed by atoms with Crippen LogP contribution >= 0.6 is 11.9 Å². The van der Waals surface area contributed by atoms with Crippen molar-refractivity contribution in [1.82, 2.24) is 14.2 Å². The Labute approximate surface area is 73.7 Å². The van der Waals surface area contributed by atoms with Gasteiger partial charge in [0.1, 0.15) is 18.4 Å². The van der Waals surface area contributed by atoms with E-state index in [-0.39, 0.29) is 0 Å². The van der Waals surface area contributed by atoms with Crippen molar-refractivity contribution in [3.63, 3.8) is 0 Å². The molecule has 0 unspecified atom stereocenters. The van der Waals surface area contributed by atoms with Gasteiger partial charge in [-0.25, -0.2) is 4.98 Å². The van der Waals surface area contributed by atoms with Crippen molar-refractivity contribution in [3.05, 3.63) is 36.8 Å². The maximum absolute atomic E-state index is 5.15. The zero-order chi connectivity index (χ0) is 8.23. The summed E-state index contributed by atoms with van der Waals surface area (Å²) < 4.78 is 6.85. The molecule has 0 N–H and O–H groups in total. The van der Waals surface area contributed by atoms with Gasteiger partial charge >= 0.3 is 0 Å². The molecule has 0 saturated carbocycles. The summed E-state index contributed by atoms with van der Waals surface area (Å²) in [6, 6.07) is 3.81. The van der Waals surface area contributed by atoms with Crippen LogP contribution in [0.5, 0.6) is 0 Å². The summed E-state index contributed by atoms with van der Waals surface area (Å²) in [6.07, 6.45) is 4.83. The van der Waals surface area contributed by atoms with Gasteiger partial charge in [-0.2, -0.15) is 4.09 Å². The Bertz CT molecular complexity index is 282. The highest BCUT2D eigenvalue weighted by Gasteiger charge is 1.96. The predicted octanol–water partition coefficient (Wildman–Crippen LogP) is 1.57. The summed E-state index contributed by atoms with van der Waals surface area (Å²) in [6.45, 7) is 0. The quantitative estimate of drug-likeness (QED) is 0.720. The molecular weight excluding hydrogens is 174 g/mol. The average molecular weight is 181 g/mol. The standard InChI is InChI=1S/C7H7N3OS/c1-2-7(11-3-1)4-12-10-6-8-5-9-10/h1-3,5-6H,4H2. The van der Waals surface area contributed by atoms with Crippen LogP contribution in [0.25, 0.3) is 0 Å². The molecule has 62 valence electrons. The fraction of sp³-hybridized carbons (Fsp3) is 0.143. The lowest BCUT2D eigenvalue weighted by Gasteiger charge is -1.94. The summed E-state index contributed by atoms with van der Waals surface area (Å²) in [5.74, 6) is 1.71. The monoisotopic (exact) mass is 181 g/mol. The summed E-state index contributed by atoms with van der Waals surface area (Å²) in [5.41, 5.74) is 0. The van der Waals surface area contributed by atoms with Crippen LogP contribution in [0.4, 0.5) is 0 Å². The first-order chi connectivity index (χ1) is 5.95. The van der Waals surface area contributed by atoms with E-state index in [0.717, 1.165) is 11.5 Å². The van der Waals surface area contributed by atoms with Crippen LogP contribution in [-0.4, -0.2) is 14.2 Å². The minimum Gasteiger partial charge on any atom is -0.468 e. The van der Waals surface area contributed by atoms with Gasteiger partial charge in [0.15, 0.2) is 0 Å². The second kappa shape index (κ2) is 3.44. The van der Waals surface area contributed by atoms with E-state index in [2.05, 4.69) is 10.1 Å². The lowest BCUT2D eigenvalue weighted by molar-refractivity contribution is 0.530. The molecule has 0 radical (unpaired) electrons. The maximum Gasteiger partial charge on any atom is 0.138 e. The largest absolute Gasteiger partial charge is 0.468 e. The Morgan fingerprint density at radius 3 is 3.25 bits per heavy atom. The average Bonchev–Trinajstić information content (AvgIpc) is 2.74. The molecule has 0 bridgehead atoms. The molecule has 0 saturated heterocycles. The molecule has 0 aromatic carbocycles. The molecule has 4 nitrogen and oxygen atoms in total. The molecule has 0 fully saturated rings. The van der Waals surface area contributed by atoms with Gasteiger partial charge in [-0.1, -0.05) is 0 Å². The van der Waals surface area contributed by atoms with Crippen molar-refractivity contribution in [2.45, 2.75) is 5.75 Å². The Morgan fingerprint density at radius 1 is 1.58 bits per heavy atom. The third-order valence-corrected chi connectivity index (χ3v) is 2.18. The van der Waals surface area contributed by atoms with Gasteiger partial charge in [0.05, 0.1) is 12.0 Å². The van der Waals surface area contributed by atoms with E-state index in [4.69, 9.17) is 4.42 Å². The molecule has 0 spiro atoms. The molecule has 0 aliphatic carbocycles. The van der Waals surface area contributed by atoms with Gasteiger partial charge in [0.25, 0.3) is 0 Å². The van der Waals surface area contributed by atoms with E-state index >= 15 is 0 Å². The van der Waals surface area contributed by atoms with E-state index in [1.807, 2.05) is 12.1 Å². The number of furan rings is 1. The molecule has 0 amide bonds. The first kappa shape index (κ1) is 7.42. The topological polar surface area (TPSA) is 43.9 Å². The predicted molar refractivity (Wildman–Crippen MR) is 45.4 cm³/mol. The van der Waals surface area contributed by atoms with Crippen LogP contribution in [0, 0.1) is 0 Å². The van der Waals surface area contributed by atoms with E-state index < -0.39 is 0 Å². The third-order valence-electron chi connectivity index (χ3n) is 1.32. The van der Waals surface area contributed by atoms with Crippen molar-refractivity contribution < 1.29 is 4.42 Å². The molecule has 2 aromatic rings. The fourth-order valence-electron chi connectivity index (χ4n) is 0.788. The van der Waals surface area contributed by atoms with Crippen molar-refractivity contribution in [1.29, 1.82) is 0 Å². The molecule has 0 aliphatic rings. The summed E-state index contributed by atoms with van der Waals surface area (Å²) in [4.78, 5) is 3.82. The summed E-state index contributed by atoms with van der Waals surface area (Å²) in [5, 5.41) is 3.94. The number of hydrogen-bond acceptors (Lipinski definition) is 4. The number of hydrogen-bond donors (Lipinski definition) is 0. The Kier molecular flexibility index (Phi) is 2.13. The molecule has 2 rings (SSSR count). The Hall–Kier alpha value is -1.23. The first-order valence-corrected chi connectivity index (χ1v) is 4.40. The second-order valence-electron chi connectivity index (χ2n) is 2.15. The lowest BCUT2D eigenvalue weighted by atomic mass is 10.5. The van der Waals surface area contributed by atoms with Crippen LogP contribution in [0.15, 0.2) is 35.5 Å². The smallest absolute Gasteiger partial charge is 0.138 e. The van der Waals surface area contributed by atoms with E-state index in [0.29, 0.717) is 0 Å². The zero-order valence-electron chi connectivity index (χ0n) is 6.25. The molecule has 12 heavy (non-hydrogen) atoms. The van der Waals surface area contributed by atoms with E-state index in [1.54, 1.807) is 16.7 Å². The molecule has 5 heteroatoms. The minimum absolute atomic E-state index is 0.774. The number of aromatic nitrogens is 3. The maximum atomic E-state index is 5.15. The van der Waals surface area contributed by atoms with Crippen molar-refractivity contribution in [2.24, 2.45) is 0 Å². The van der Waals surface area contributed by atoms with Crippen molar-refractivity contribution >= 4 is 11.9 Å². The minimum atomic E-state index is 0.774. The Morgan fingerprint density at radius 2 is 2.58 bits per heavy atom. The van der Waals surface area contributed by atoms with Gasteiger partial charge in [-0.15, -0.1) is 5.10 Å². The normalized spacial score (nSPS) is 10.3. The van der Waals surface area contributed by atoms with Crippen LogP contribution in [-0.2, 0) is 5.75 Å². The van der Waals surface area contributed by atoms with E-state index in [1.165, 1.54) is 18.3 Å². The van der Waals surface area contributed by atoms with Crippen LogP contribution in [0.3, 0.4) is 0 Å². The zero-order valence-corrected chi connectivity index (χ0v) is 7.07. The Balaban J connectivity index is 1.91. The van der Waals surface area contributed by atoms with Gasteiger partial charge in [-0.05, 0) is 24.1 Å².